The predicted molar refractivity (Wildman–Crippen MR) is 123 cm³/mol. The van der Waals surface area contributed by atoms with Crippen molar-refractivity contribution in [1.29, 1.82) is 0 Å². The molecule has 0 bridgehead atoms. The Hall–Kier alpha value is -3.22. The van der Waals surface area contributed by atoms with Crippen LogP contribution in [0, 0.1) is 0 Å². The summed E-state index contributed by atoms with van der Waals surface area (Å²) in [6.07, 6.45) is 3.89. The van der Waals surface area contributed by atoms with Gasteiger partial charge < -0.3 is 14.7 Å². The van der Waals surface area contributed by atoms with E-state index < -0.39 is 17.7 Å². The number of hydrogen-bond acceptors (Lipinski definition) is 5. The van der Waals surface area contributed by atoms with Crippen LogP contribution in [-0.2, 0) is 14.3 Å². The molecule has 0 spiro atoms. The molecular weight excluding hydrogens is 404 g/mol. The van der Waals surface area contributed by atoms with Crippen molar-refractivity contribution in [3.63, 3.8) is 0 Å². The standard InChI is InChI=1S/C26H28N2O4/c29-22(13-12-20-8-3-1-4-9-20)23-24(21-10-5-2-6-11-21)28(26(31)25(23)30)15-7-14-27-16-18-32-19-17-27/h1-6,8-13,24,30H,7,14-19H2/b13-12+/t24-/m0/s1. The van der Waals surface area contributed by atoms with Crippen LogP contribution in [0.5, 0.6) is 0 Å². The molecule has 0 unspecified atom stereocenters. The Morgan fingerprint density at radius 2 is 1.66 bits per heavy atom. The van der Waals surface area contributed by atoms with E-state index in [0.717, 1.165) is 50.4 Å². The van der Waals surface area contributed by atoms with Crippen LogP contribution in [0.1, 0.15) is 23.6 Å². The summed E-state index contributed by atoms with van der Waals surface area (Å²) < 4.78 is 5.39. The lowest BCUT2D eigenvalue weighted by Crippen LogP contribution is -2.39. The first kappa shape index (κ1) is 22.0. The lowest BCUT2D eigenvalue weighted by atomic mass is 9.95. The van der Waals surface area contributed by atoms with E-state index in [-0.39, 0.29) is 11.4 Å². The summed E-state index contributed by atoms with van der Waals surface area (Å²) in [6, 6.07) is 18.3. The van der Waals surface area contributed by atoms with Crippen LogP contribution in [-0.4, -0.2) is 66.0 Å². The van der Waals surface area contributed by atoms with Gasteiger partial charge in [0, 0.05) is 26.2 Å². The number of aliphatic hydroxyl groups excluding tert-OH is 1. The maximum Gasteiger partial charge on any atom is 0.290 e. The largest absolute Gasteiger partial charge is 0.503 e. The topological polar surface area (TPSA) is 70.1 Å². The number of nitrogens with zero attached hydrogens (tertiary/aromatic N) is 2. The van der Waals surface area contributed by atoms with E-state index in [1.165, 1.54) is 6.08 Å². The van der Waals surface area contributed by atoms with Crippen molar-refractivity contribution in [2.45, 2.75) is 12.5 Å². The minimum atomic E-state index is -0.596. The van der Waals surface area contributed by atoms with E-state index in [2.05, 4.69) is 4.90 Å². The number of ketones is 1. The second-order valence-corrected chi connectivity index (χ2v) is 7.99. The van der Waals surface area contributed by atoms with Crippen molar-refractivity contribution in [2.24, 2.45) is 0 Å². The highest BCUT2D eigenvalue weighted by Gasteiger charge is 2.42. The van der Waals surface area contributed by atoms with Gasteiger partial charge in [-0.1, -0.05) is 66.7 Å². The Bertz CT molecular complexity index is 995. The van der Waals surface area contributed by atoms with Gasteiger partial charge in [-0.3, -0.25) is 14.5 Å². The van der Waals surface area contributed by atoms with Gasteiger partial charge in [0.25, 0.3) is 5.91 Å². The summed E-state index contributed by atoms with van der Waals surface area (Å²) in [5, 5.41) is 10.7. The van der Waals surface area contributed by atoms with Gasteiger partial charge in [-0.25, -0.2) is 0 Å². The van der Waals surface area contributed by atoms with Gasteiger partial charge in [-0.05, 0) is 23.6 Å². The van der Waals surface area contributed by atoms with Gasteiger partial charge in [0.1, 0.15) is 0 Å². The second-order valence-electron chi connectivity index (χ2n) is 7.99. The Kier molecular flexibility index (Phi) is 7.14. The van der Waals surface area contributed by atoms with E-state index >= 15 is 0 Å². The Morgan fingerprint density at radius 1 is 1.00 bits per heavy atom. The van der Waals surface area contributed by atoms with Crippen molar-refractivity contribution in [3.05, 3.63) is 89.2 Å². The molecule has 2 aliphatic heterocycles. The number of rotatable bonds is 8. The van der Waals surface area contributed by atoms with Crippen molar-refractivity contribution in [1.82, 2.24) is 9.80 Å². The third-order valence-corrected chi connectivity index (χ3v) is 5.89. The van der Waals surface area contributed by atoms with Gasteiger partial charge in [0.05, 0.1) is 24.8 Å². The van der Waals surface area contributed by atoms with E-state index in [0.29, 0.717) is 6.54 Å². The molecule has 0 aromatic heterocycles. The molecule has 1 amide bonds. The van der Waals surface area contributed by atoms with Crippen LogP contribution in [0.25, 0.3) is 6.08 Å². The second kappa shape index (κ2) is 10.4. The molecule has 1 atom stereocenters. The molecule has 6 nitrogen and oxygen atoms in total. The highest BCUT2D eigenvalue weighted by atomic mass is 16.5. The maximum atomic E-state index is 13.1. The number of carbonyl (C=O) groups is 2. The average molecular weight is 433 g/mol. The highest BCUT2D eigenvalue weighted by molar-refractivity contribution is 6.14. The van der Waals surface area contributed by atoms with Crippen LogP contribution in [0.4, 0.5) is 0 Å². The molecule has 0 aliphatic carbocycles. The molecule has 4 rings (SSSR count). The van der Waals surface area contributed by atoms with Gasteiger partial charge in [-0.2, -0.15) is 0 Å². The number of amides is 1. The predicted octanol–water partition coefficient (Wildman–Crippen LogP) is 3.39. The fourth-order valence-electron chi connectivity index (χ4n) is 4.23. The number of morpholine rings is 1. The summed E-state index contributed by atoms with van der Waals surface area (Å²) >= 11 is 0. The van der Waals surface area contributed by atoms with E-state index in [4.69, 9.17) is 4.74 Å². The number of aliphatic hydroxyl groups is 1. The van der Waals surface area contributed by atoms with Crippen molar-refractivity contribution in [3.8, 4) is 0 Å². The van der Waals surface area contributed by atoms with Gasteiger partial charge >= 0.3 is 0 Å². The summed E-state index contributed by atoms with van der Waals surface area (Å²) in [6.45, 7) is 4.51. The zero-order valence-corrected chi connectivity index (χ0v) is 18.0. The van der Waals surface area contributed by atoms with Crippen LogP contribution in [0.2, 0.25) is 0 Å². The molecule has 0 saturated carbocycles. The van der Waals surface area contributed by atoms with Gasteiger partial charge in [0.2, 0.25) is 0 Å². The third kappa shape index (κ3) is 4.98. The van der Waals surface area contributed by atoms with E-state index in [9.17, 15) is 14.7 Å². The lowest BCUT2D eigenvalue weighted by molar-refractivity contribution is -0.129. The number of allylic oxidation sites excluding steroid dienone is 1. The zero-order chi connectivity index (χ0) is 22.3. The number of benzene rings is 2. The third-order valence-electron chi connectivity index (χ3n) is 5.89. The minimum Gasteiger partial charge on any atom is -0.503 e. The molecule has 32 heavy (non-hydrogen) atoms. The SMILES string of the molecule is O=C(/C=C/c1ccccc1)C1=C(O)C(=O)N(CCCN2CCOCC2)[C@H]1c1ccccc1. The van der Waals surface area contributed by atoms with E-state index in [1.54, 1.807) is 11.0 Å². The Labute approximate surface area is 188 Å². The summed E-state index contributed by atoms with van der Waals surface area (Å²) in [4.78, 5) is 30.0. The first-order valence-electron chi connectivity index (χ1n) is 11.0. The monoisotopic (exact) mass is 432 g/mol. The normalized spacial score (nSPS) is 19.8. The zero-order valence-electron chi connectivity index (χ0n) is 18.0. The van der Waals surface area contributed by atoms with Gasteiger partial charge in [-0.15, -0.1) is 0 Å². The molecule has 6 heteroatoms. The van der Waals surface area contributed by atoms with Crippen LogP contribution in [0.3, 0.4) is 0 Å². The number of carbonyl (C=O) groups excluding carboxylic acids is 2. The fourth-order valence-corrected chi connectivity index (χ4v) is 4.23. The first-order chi connectivity index (χ1) is 15.6. The van der Waals surface area contributed by atoms with Crippen LogP contribution >= 0.6 is 0 Å². The van der Waals surface area contributed by atoms with Crippen molar-refractivity contribution >= 4 is 17.8 Å². The van der Waals surface area contributed by atoms with Gasteiger partial charge in [0.15, 0.2) is 11.5 Å². The average Bonchev–Trinajstić information content (AvgIpc) is 3.09. The summed E-state index contributed by atoms with van der Waals surface area (Å²) in [5.41, 5.74) is 1.83. The fraction of sp³-hybridized carbons (Fsp3) is 0.308. The molecule has 166 valence electrons. The minimum absolute atomic E-state index is 0.139. The number of ether oxygens (including phenoxy) is 1. The molecule has 1 fully saturated rings. The highest BCUT2D eigenvalue weighted by Crippen LogP contribution is 2.38. The first-order valence-corrected chi connectivity index (χ1v) is 11.0. The summed E-state index contributed by atoms with van der Waals surface area (Å²) in [5.74, 6) is -1.30. The quantitative estimate of drug-likeness (QED) is 0.648. The molecular formula is C26H28N2O4. The molecule has 2 aromatic carbocycles. The number of hydrogen-bond donors (Lipinski definition) is 1. The molecule has 2 aromatic rings. The Balaban J connectivity index is 1.54. The van der Waals surface area contributed by atoms with Crippen molar-refractivity contribution < 1.29 is 19.4 Å². The van der Waals surface area contributed by atoms with Crippen LogP contribution < -0.4 is 0 Å². The molecule has 0 radical (unpaired) electrons. The summed E-state index contributed by atoms with van der Waals surface area (Å²) in [7, 11) is 0. The molecule has 2 heterocycles. The van der Waals surface area contributed by atoms with Crippen molar-refractivity contribution in [2.75, 3.05) is 39.4 Å². The maximum absolute atomic E-state index is 13.1. The smallest absolute Gasteiger partial charge is 0.290 e. The molecule has 1 N–H and O–H groups in total. The van der Waals surface area contributed by atoms with E-state index in [1.807, 2.05) is 60.7 Å². The lowest BCUT2D eigenvalue weighted by Gasteiger charge is -2.29. The molecule has 1 saturated heterocycles. The van der Waals surface area contributed by atoms with Crippen LogP contribution in [0.15, 0.2) is 78.1 Å². The Morgan fingerprint density at radius 3 is 2.34 bits per heavy atom. The molecule has 2 aliphatic rings.